The first-order valence-corrected chi connectivity index (χ1v) is 8.03. The van der Waals surface area contributed by atoms with Crippen LogP contribution in [0.4, 0.5) is 4.39 Å². The fourth-order valence-electron chi connectivity index (χ4n) is 2.37. The summed E-state index contributed by atoms with van der Waals surface area (Å²) in [6.45, 7) is 0.0565. The van der Waals surface area contributed by atoms with Crippen LogP contribution >= 0.6 is 15.9 Å². The Labute approximate surface area is 146 Å². The number of para-hydroxylation sites is 1. The third-order valence-corrected chi connectivity index (χ3v) is 4.08. The van der Waals surface area contributed by atoms with Gasteiger partial charge < -0.3 is 4.74 Å². The van der Waals surface area contributed by atoms with Crippen LogP contribution in [-0.4, -0.2) is 16.9 Å². The van der Waals surface area contributed by atoms with E-state index in [1.165, 1.54) is 16.8 Å². The van der Waals surface area contributed by atoms with Gasteiger partial charge in [0.1, 0.15) is 11.6 Å². The van der Waals surface area contributed by atoms with Crippen molar-refractivity contribution in [2.75, 3.05) is 7.11 Å². The number of nitrogens with zero attached hydrogens (tertiary/aromatic N) is 2. The minimum absolute atomic E-state index is 0.0565. The van der Waals surface area contributed by atoms with Crippen LogP contribution in [0.2, 0.25) is 0 Å². The van der Waals surface area contributed by atoms with E-state index in [1.54, 1.807) is 25.3 Å². The van der Waals surface area contributed by atoms with Crippen molar-refractivity contribution in [1.82, 2.24) is 9.78 Å². The van der Waals surface area contributed by atoms with E-state index in [-0.39, 0.29) is 17.9 Å². The minimum Gasteiger partial charge on any atom is -0.496 e. The van der Waals surface area contributed by atoms with E-state index in [9.17, 15) is 9.18 Å². The maximum atomic E-state index is 14.0. The number of hydrogen-bond acceptors (Lipinski definition) is 3. The largest absolute Gasteiger partial charge is 0.496 e. The number of hydrogen-bond donors (Lipinski definition) is 0. The molecule has 0 amide bonds. The van der Waals surface area contributed by atoms with Gasteiger partial charge in [-0.3, -0.25) is 4.79 Å². The zero-order valence-corrected chi connectivity index (χ0v) is 14.5. The summed E-state index contributed by atoms with van der Waals surface area (Å²) in [5.41, 5.74) is 1.45. The molecule has 0 aliphatic rings. The third-order valence-electron chi connectivity index (χ3n) is 3.58. The van der Waals surface area contributed by atoms with Crippen LogP contribution in [0.15, 0.2) is 63.9 Å². The SMILES string of the molecule is COc1ccccc1-c1ccc(=O)n(Cc2ccc(Br)cc2F)n1. The van der Waals surface area contributed by atoms with Gasteiger partial charge in [0.05, 0.1) is 19.3 Å². The molecule has 0 aliphatic heterocycles. The summed E-state index contributed by atoms with van der Waals surface area (Å²) in [6, 6.07) is 15.2. The molecule has 24 heavy (non-hydrogen) atoms. The molecule has 0 saturated heterocycles. The van der Waals surface area contributed by atoms with Crippen LogP contribution in [-0.2, 0) is 6.54 Å². The van der Waals surface area contributed by atoms with Crippen LogP contribution in [0.3, 0.4) is 0 Å². The molecular formula is C18H14BrFN2O2. The van der Waals surface area contributed by atoms with Crippen LogP contribution in [0.5, 0.6) is 5.75 Å². The molecule has 0 fully saturated rings. The van der Waals surface area contributed by atoms with Gasteiger partial charge in [-0.1, -0.05) is 34.1 Å². The van der Waals surface area contributed by atoms with E-state index >= 15 is 0 Å². The van der Waals surface area contributed by atoms with Crippen molar-refractivity contribution in [3.05, 3.63) is 80.8 Å². The van der Waals surface area contributed by atoms with Gasteiger partial charge in [-0.2, -0.15) is 5.10 Å². The maximum absolute atomic E-state index is 14.0. The molecule has 1 aromatic heterocycles. The second-order valence-corrected chi connectivity index (χ2v) is 6.07. The average Bonchev–Trinajstić information content (AvgIpc) is 2.59. The molecule has 6 heteroatoms. The summed E-state index contributed by atoms with van der Waals surface area (Å²) in [4.78, 5) is 12.1. The van der Waals surface area contributed by atoms with Gasteiger partial charge >= 0.3 is 0 Å². The molecule has 122 valence electrons. The Morgan fingerprint density at radius 3 is 2.71 bits per heavy atom. The molecule has 4 nitrogen and oxygen atoms in total. The zero-order valence-electron chi connectivity index (χ0n) is 12.9. The summed E-state index contributed by atoms with van der Waals surface area (Å²) in [7, 11) is 1.58. The zero-order chi connectivity index (χ0) is 17.1. The monoisotopic (exact) mass is 388 g/mol. The van der Waals surface area contributed by atoms with Gasteiger partial charge in [0.25, 0.3) is 5.56 Å². The highest BCUT2D eigenvalue weighted by molar-refractivity contribution is 9.10. The Kier molecular flexibility index (Phi) is 4.76. The van der Waals surface area contributed by atoms with E-state index < -0.39 is 0 Å². The number of ether oxygens (including phenoxy) is 1. The summed E-state index contributed by atoms with van der Waals surface area (Å²) in [5.74, 6) is 0.269. The van der Waals surface area contributed by atoms with Crippen molar-refractivity contribution in [2.45, 2.75) is 6.54 Å². The summed E-state index contributed by atoms with van der Waals surface area (Å²) in [5, 5.41) is 4.36. The van der Waals surface area contributed by atoms with Crippen LogP contribution in [0.25, 0.3) is 11.3 Å². The molecule has 3 rings (SSSR count). The molecule has 0 bridgehead atoms. The molecule has 0 aliphatic carbocycles. The van der Waals surface area contributed by atoms with E-state index in [1.807, 2.05) is 24.3 Å². The molecule has 0 N–H and O–H groups in total. The third kappa shape index (κ3) is 3.38. The molecule has 0 spiro atoms. The number of methoxy groups -OCH3 is 1. The van der Waals surface area contributed by atoms with Gasteiger partial charge in [0, 0.05) is 21.7 Å². The smallest absolute Gasteiger partial charge is 0.267 e. The summed E-state index contributed by atoms with van der Waals surface area (Å²) < 4.78 is 21.2. The minimum atomic E-state index is -0.388. The van der Waals surface area contributed by atoms with E-state index in [4.69, 9.17) is 4.74 Å². The van der Waals surface area contributed by atoms with Crippen LogP contribution < -0.4 is 10.3 Å². The van der Waals surface area contributed by atoms with Crippen molar-refractivity contribution < 1.29 is 9.13 Å². The Morgan fingerprint density at radius 2 is 1.96 bits per heavy atom. The lowest BCUT2D eigenvalue weighted by Crippen LogP contribution is -2.23. The molecule has 2 aromatic carbocycles. The average molecular weight is 389 g/mol. The van der Waals surface area contributed by atoms with Crippen molar-refractivity contribution in [2.24, 2.45) is 0 Å². The molecule has 1 heterocycles. The van der Waals surface area contributed by atoms with Gasteiger partial charge in [0.2, 0.25) is 0 Å². The highest BCUT2D eigenvalue weighted by atomic mass is 79.9. The Morgan fingerprint density at radius 1 is 1.17 bits per heavy atom. The lowest BCUT2D eigenvalue weighted by molar-refractivity contribution is 0.416. The second-order valence-electron chi connectivity index (χ2n) is 5.15. The van der Waals surface area contributed by atoms with Crippen molar-refractivity contribution in [3.63, 3.8) is 0 Å². The highest BCUT2D eigenvalue weighted by Gasteiger charge is 2.10. The first-order chi connectivity index (χ1) is 11.6. The molecular weight excluding hydrogens is 375 g/mol. The number of rotatable bonds is 4. The number of aromatic nitrogens is 2. The molecule has 0 radical (unpaired) electrons. The molecule has 3 aromatic rings. The highest BCUT2D eigenvalue weighted by Crippen LogP contribution is 2.27. The fraction of sp³-hybridized carbons (Fsp3) is 0.111. The topological polar surface area (TPSA) is 44.1 Å². The summed E-state index contributed by atoms with van der Waals surface area (Å²) in [6.07, 6.45) is 0. The first-order valence-electron chi connectivity index (χ1n) is 7.24. The Bertz CT molecular complexity index is 940. The number of benzene rings is 2. The quantitative estimate of drug-likeness (QED) is 0.681. The lowest BCUT2D eigenvalue weighted by atomic mass is 10.1. The van der Waals surface area contributed by atoms with E-state index in [0.29, 0.717) is 21.5 Å². The molecule has 0 unspecified atom stereocenters. The van der Waals surface area contributed by atoms with E-state index in [0.717, 1.165) is 5.56 Å². The van der Waals surface area contributed by atoms with Gasteiger partial charge in [-0.15, -0.1) is 0 Å². The van der Waals surface area contributed by atoms with Crippen molar-refractivity contribution >= 4 is 15.9 Å². The maximum Gasteiger partial charge on any atom is 0.267 e. The van der Waals surface area contributed by atoms with Gasteiger partial charge in [-0.25, -0.2) is 9.07 Å². The predicted molar refractivity (Wildman–Crippen MR) is 93.7 cm³/mol. The first kappa shape index (κ1) is 16.4. The van der Waals surface area contributed by atoms with Crippen LogP contribution in [0, 0.1) is 5.82 Å². The molecule has 0 saturated carbocycles. The Hall–Kier alpha value is -2.47. The van der Waals surface area contributed by atoms with Gasteiger partial charge in [0.15, 0.2) is 0 Å². The van der Waals surface area contributed by atoms with Crippen LogP contribution in [0.1, 0.15) is 5.56 Å². The second kappa shape index (κ2) is 6.97. The summed E-state index contributed by atoms with van der Waals surface area (Å²) >= 11 is 3.22. The Balaban J connectivity index is 2.02. The molecule has 0 atom stereocenters. The van der Waals surface area contributed by atoms with E-state index in [2.05, 4.69) is 21.0 Å². The van der Waals surface area contributed by atoms with Crippen molar-refractivity contribution in [1.29, 1.82) is 0 Å². The van der Waals surface area contributed by atoms with Gasteiger partial charge in [-0.05, 0) is 30.3 Å². The lowest BCUT2D eigenvalue weighted by Gasteiger charge is -2.10. The normalized spacial score (nSPS) is 10.6. The fourth-order valence-corrected chi connectivity index (χ4v) is 2.71. The predicted octanol–water partition coefficient (Wildman–Crippen LogP) is 3.87. The van der Waals surface area contributed by atoms with Crippen molar-refractivity contribution in [3.8, 4) is 17.0 Å². The number of halogens is 2. The standard InChI is InChI=1S/C18H14BrFN2O2/c1-24-17-5-3-2-4-14(17)16-8-9-18(23)22(21-16)11-12-6-7-13(19)10-15(12)20/h2-10H,11H2,1H3.